The fraction of sp³-hybridized carbons (Fsp3) is 0.476. The number of benzene rings is 1. The average Bonchev–Trinajstić information content (AvgIpc) is 2.71. The Morgan fingerprint density at radius 2 is 1.13 bits per heavy atom. The van der Waals surface area contributed by atoms with E-state index >= 15 is 0 Å². The van der Waals surface area contributed by atoms with E-state index in [0.717, 1.165) is 5.56 Å². The third-order valence-corrected chi connectivity index (χ3v) is 4.25. The van der Waals surface area contributed by atoms with Gasteiger partial charge >= 0.3 is 5.97 Å². The topological polar surface area (TPSA) is 143 Å². The Hall–Kier alpha value is -3.43. The standard InChI is InChI=1S/C21H30N4O6/c1-12(22-16(5)26)18(27)23-13(2)19(28)24-14(3)20(29)25-15(4)21(30)31-11-17-9-7-6-8-10-17/h6-10,12-15H,11H2,1-5H3,(H,22,26)(H,23,27)(H,24,28)(H,25,29)/t12-,13-,14-,15-/m0/s1. The Kier molecular flexibility index (Phi) is 10.2. The molecule has 0 bridgehead atoms. The minimum Gasteiger partial charge on any atom is -0.459 e. The second-order valence-corrected chi connectivity index (χ2v) is 7.21. The summed E-state index contributed by atoms with van der Waals surface area (Å²) >= 11 is 0. The van der Waals surface area contributed by atoms with Gasteiger partial charge in [-0.15, -0.1) is 0 Å². The van der Waals surface area contributed by atoms with Gasteiger partial charge < -0.3 is 26.0 Å². The molecule has 0 aromatic heterocycles. The van der Waals surface area contributed by atoms with Crippen molar-refractivity contribution in [2.24, 2.45) is 0 Å². The number of hydrogen-bond acceptors (Lipinski definition) is 6. The van der Waals surface area contributed by atoms with Gasteiger partial charge in [0, 0.05) is 6.92 Å². The largest absolute Gasteiger partial charge is 0.459 e. The first-order chi connectivity index (χ1) is 14.5. The molecule has 4 atom stereocenters. The summed E-state index contributed by atoms with van der Waals surface area (Å²) in [5, 5.41) is 9.80. The van der Waals surface area contributed by atoms with Gasteiger partial charge in [-0.1, -0.05) is 30.3 Å². The molecular formula is C21H30N4O6. The maximum Gasteiger partial charge on any atom is 0.328 e. The number of nitrogens with one attached hydrogen (secondary N) is 4. The number of amides is 4. The predicted molar refractivity (Wildman–Crippen MR) is 112 cm³/mol. The SMILES string of the molecule is CC(=O)N[C@@H](C)C(=O)N[C@@H](C)C(=O)N[C@@H](C)C(=O)N[C@@H](C)C(=O)OCc1ccccc1. The van der Waals surface area contributed by atoms with Crippen LogP contribution in [0.25, 0.3) is 0 Å². The van der Waals surface area contributed by atoms with Crippen LogP contribution in [0.2, 0.25) is 0 Å². The lowest BCUT2D eigenvalue weighted by Gasteiger charge is -2.21. The number of rotatable bonds is 10. The number of esters is 1. The van der Waals surface area contributed by atoms with Gasteiger partial charge in [-0.05, 0) is 33.3 Å². The molecule has 0 spiro atoms. The summed E-state index contributed by atoms with van der Waals surface area (Å²) in [4.78, 5) is 59.5. The van der Waals surface area contributed by atoms with Gasteiger partial charge in [0.2, 0.25) is 23.6 Å². The highest BCUT2D eigenvalue weighted by Gasteiger charge is 2.25. The highest BCUT2D eigenvalue weighted by atomic mass is 16.5. The monoisotopic (exact) mass is 434 g/mol. The highest BCUT2D eigenvalue weighted by Crippen LogP contribution is 2.02. The quantitative estimate of drug-likeness (QED) is 0.375. The number of ether oxygens (including phenoxy) is 1. The molecule has 0 fully saturated rings. The van der Waals surface area contributed by atoms with E-state index in [4.69, 9.17) is 4.74 Å². The lowest BCUT2D eigenvalue weighted by Crippen LogP contribution is -2.55. The molecule has 1 aromatic rings. The van der Waals surface area contributed by atoms with Crippen LogP contribution >= 0.6 is 0 Å². The van der Waals surface area contributed by atoms with Crippen LogP contribution in [0.3, 0.4) is 0 Å². The minimum absolute atomic E-state index is 0.0836. The van der Waals surface area contributed by atoms with E-state index < -0.39 is 47.9 Å². The van der Waals surface area contributed by atoms with Crippen LogP contribution < -0.4 is 21.3 Å². The van der Waals surface area contributed by atoms with Crippen LogP contribution in [0.4, 0.5) is 0 Å². The van der Waals surface area contributed by atoms with E-state index in [2.05, 4.69) is 21.3 Å². The van der Waals surface area contributed by atoms with E-state index in [1.165, 1.54) is 34.6 Å². The van der Waals surface area contributed by atoms with Crippen LogP contribution in [0.1, 0.15) is 40.2 Å². The van der Waals surface area contributed by atoms with Crippen molar-refractivity contribution in [2.45, 2.75) is 65.4 Å². The van der Waals surface area contributed by atoms with E-state index in [0.29, 0.717) is 0 Å². The zero-order valence-corrected chi connectivity index (χ0v) is 18.4. The van der Waals surface area contributed by atoms with Crippen molar-refractivity contribution in [1.29, 1.82) is 0 Å². The molecule has 0 aliphatic rings. The van der Waals surface area contributed by atoms with Crippen molar-refractivity contribution >= 4 is 29.6 Å². The Labute approximate surface area is 181 Å². The number of carbonyl (C=O) groups is 5. The molecule has 31 heavy (non-hydrogen) atoms. The Bertz CT molecular complexity index is 798. The summed E-state index contributed by atoms with van der Waals surface area (Å²) in [5.41, 5.74) is 0.818. The van der Waals surface area contributed by atoms with Crippen molar-refractivity contribution < 1.29 is 28.7 Å². The van der Waals surface area contributed by atoms with Gasteiger partial charge in [0.25, 0.3) is 0 Å². The molecule has 10 heteroatoms. The van der Waals surface area contributed by atoms with Gasteiger partial charge in [0.1, 0.15) is 30.8 Å². The Morgan fingerprint density at radius 3 is 1.58 bits per heavy atom. The van der Waals surface area contributed by atoms with Gasteiger partial charge in [0.05, 0.1) is 0 Å². The fourth-order valence-corrected chi connectivity index (χ4v) is 2.43. The van der Waals surface area contributed by atoms with Gasteiger partial charge in [-0.3, -0.25) is 19.2 Å². The molecule has 170 valence electrons. The second-order valence-electron chi connectivity index (χ2n) is 7.21. The van der Waals surface area contributed by atoms with Crippen molar-refractivity contribution in [3.8, 4) is 0 Å². The zero-order chi connectivity index (χ0) is 23.6. The molecular weight excluding hydrogens is 404 g/mol. The molecule has 1 aromatic carbocycles. The lowest BCUT2D eigenvalue weighted by molar-refractivity contribution is -0.148. The van der Waals surface area contributed by atoms with Gasteiger partial charge in [0.15, 0.2) is 0 Å². The number of carbonyl (C=O) groups excluding carboxylic acids is 5. The molecule has 0 aliphatic carbocycles. The molecule has 0 radical (unpaired) electrons. The molecule has 0 heterocycles. The summed E-state index contributed by atoms with van der Waals surface area (Å²) in [6, 6.07) is 5.50. The summed E-state index contributed by atoms with van der Waals surface area (Å²) in [7, 11) is 0. The van der Waals surface area contributed by atoms with Crippen molar-refractivity contribution in [3.05, 3.63) is 35.9 Å². The Balaban J connectivity index is 2.45. The van der Waals surface area contributed by atoms with E-state index in [1.807, 2.05) is 30.3 Å². The lowest BCUT2D eigenvalue weighted by atomic mass is 10.2. The first-order valence-electron chi connectivity index (χ1n) is 9.90. The van der Waals surface area contributed by atoms with Crippen LogP contribution in [0.5, 0.6) is 0 Å². The molecule has 0 aliphatic heterocycles. The van der Waals surface area contributed by atoms with E-state index in [1.54, 1.807) is 0 Å². The first kappa shape index (κ1) is 25.6. The first-order valence-corrected chi connectivity index (χ1v) is 9.90. The summed E-state index contributed by atoms with van der Waals surface area (Å²) in [6.07, 6.45) is 0. The highest BCUT2D eigenvalue weighted by molar-refractivity contribution is 5.94. The zero-order valence-electron chi connectivity index (χ0n) is 18.4. The molecule has 1 rings (SSSR count). The number of hydrogen-bond donors (Lipinski definition) is 4. The van der Waals surface area contributed by atoms with Crippen molar-refractivity contribution in [2.75, 3.05) is 0 Å². The average molecular weight is 434 g/mol. The molecule has 10 nitrogen and oxygen atoms in total. The maximum absolute atomic E-state index is 12.3. The molecule has 4 N–H and O–H groups in total. The van der Waals surface area contributed by atoms with Crippen LogP contribution in [0.15, 0.2) is 30.3 Å². The predicted octanol–water partition coefficient (Wildman–Crippen LogP) is -0.231. The second kappa shape index (κ2) is 12.3. The third kappa shape index (κ3) is 9.28. The van der Waals surface area contributed by atoms with Gasteiger partial charge in [-0.25, -0.2) is 4.79 Å². The van der Waals surface area contributed by atoms with Crippen molar-refractivity contribution in [3.63, 3.8) is 0 Å². The smallest absolute Gasteiger partial charge is 0.328 e. The van der Waals surface area contributed by atoms with E-state index in [-0.39, 0.29) is 12.5 Å². The van der Waals surface area contributed by atoms with Crippen LogP contribution in [0, 0.1) is 0 Å². The molecule has 0 saturated heterocycles. The van der Waals surface area contributed by atoms with Crippen molar-refractivity contribution in [1.82, 2.24) is 21.3 Å². The maximum atomic E-state index is 12.3. The summed E-state index contributed by atoms with van der Waals surface area (Å²) in [5.74, 6) is -2.69. The fourth-order valence-electron chi connectivity index (χ4n) is 2.43. The third-order valence-electron chi connectivity index (χ3n) is 4.25. The Morgan fingerprint density at radius 1 is 0.710 bits per heavy atom. The minimum atomic E-state index is -0.955. The van der Waals surface area contributed by atoms with E-state index in [9.17, 15) is 24.0 Å². The van der Waals surface area contributed by atoms with Crippen LogP contribution in [-0.4, -0.2) is 53.8 Å². The molecule has 0 unspecified atom stereocenters. The summed E-state index contributed by atoms with van der Waals surface area (Å²) < 4.78 is 5.16. The summed E-state index contributed by atoms with van der Waals surface area (Å²) in [6.45, 7) is 7.21. The normalized spacial score (nSPS) is 14.2. The molecule has 4 amide bonds. The van der Waals surface area contributed by atoms with Crippen LogP contribution in [-0.2, 0) is 35.3 Å². The molecule has 0 saturated carbocycles. The van der Waals surface area contributed by atoms with Gasteiger partial charge in [-0.2, -0.15) is 0 Å².